The first-order valence-electron chi connectivity index (χ1n) is 10.2. The van der Waals surface area contributed by atoms with E-state index >= 15 is 0 Å². The van der Waals surface area contributed by atoms with Crippen molar-refractivity contribution in [2.24, 2.45) is 0 Å². The summed E-state index contributed by atoms with van der Waals surface area (Å²) in [6, 6.07) is 3.92. The molecular formula is C22H24N2O9. The third kappa shape index (κ3) is 6.03. The number of aromatic nitrogens is 2. The molecule has 0 radical (unpaired) electrons. The highest BCUT2D eigenvalue weighted by molar-refractivity contribution is 5.97. The van der Waals surface area contributed by atoms with Crippen LogP contribution in [0.15, 0.2) is 29.2 Å². The van der Waals surface area contributed by atoms with E-state index in [1.807, 2.05) is 0 Å². The normalized spacial score (nSPS) is 10.3. The second-order valence-electron chi connectivity index (χ2n) is 6.32. The lowest BCUT2D eigenvalue weighted by molar-refractivity contribution is 0.0498. The van der Waals surface area contributed by atoms with Crippen LogP contribution in [0.25, 0.3) is 5.69 Å². The van der Waals surface area contributed by atoms with Crippen LogP contribution in [0.5, 0.6) is 0 Å². The number of benzene rings is 1. The summed E-state index contributed by atoms with van der Waals surface area (Å²) in [6.45, 7) is 6.47. The topological polar surface area (TPSA) is 140 Å². The van der Waals surface area contributed by atoms with E-state index in [9.17, 15) is 24.0 Å². The van der Waals surface area contributed by atoms with Gasteiger partial charge in [0, 0.05) is 6.20 Å². The molecule has 1 aromatic heterocycles. The highest BCUT2D eigenvalue weighted by Gasteiger charge is 2.24. The molecule has 11 nitrogen and oxygen atoms in total. The summed E-state index contributed by atoms with van der Waals surface area (Å²) in [4.78, 5) is 62.0. The summed E-state index contributed by atoms with van der Waals surface area (Å²) >= 11 is 0. The van der Waals surface area contributed by atoms with Crippen molar-refractivity contribution in [3.63, 3.8) is 0 Å². The molecule has 1 heterocycles. The zero-order valence-corrected chi connectivity index (χ0v) is 18.7. The Bertz CT molecular complexity index is 1040. The second-order valence-corrected chi connectivity index (χ2v) is 6.32. The maximum atomic E-state index is 12.7. The quantitative estimate of drug-likeness (QED) is 0.403. The van der Waals surface area contributed by atoms with E-state index in [1.54, 1.807) is 27.7 Å². The number of carbonyl (C=O) groups excluding carboxylic acids is 4. The molecule has 176 valence electrons. The van der Waals surface area contributed by atoms with Gasteiger partial charge >= 0.3 is 23.9 Å². The fourth-order valence-electron chi connectivity index (χ4n) is 2.72. The highest BCUT2D eigenvalue weighted by Crippen LogP contribution is 2.17. The number of nitrogens with zero attached hydrogens (tertiary/aromatic N) is 2. The molecule has 0 N–H and O–H groups in total. The van der Waals surface area contributed by atoms with Crippen molar-refractivity contribution in [1.29, 1.82) is 0 Å². The minimum Gasteiger partial charge on any atom is -0.462 e. The third-order valence-electron chi connectivity index (χ3n) is 4.09. The molecule has 2 rings (SSSR count). The van der Waals surface area contributed by atoms with Crippen molar-refractivity contribution in [3.05, 3.63) is 57.0 Å². The van der Waals surface area contributed by atoms with Gasteiger partial charge < -0.3 is 18.9 Å². The third-order valence-corrected chi connectivity index (χ3v) is 4.09. The molecule has 0 atom stereocenters. The Morgan fingerprint density at radius 2 is 1.18 bits per heavy atom. The summed E-state index contributed by atoms with van der Waals surface area (Å²) in [5, 5.41) is 3.97. The van der Waals surface area contributed by atoms with Gasteiger partial charge in [-0.05, 0) is 45.9 Å². The number of hydrogen-bond acceptors (Lipinski definition) is 10. The van der Waals surface area contributed by atoms with Crippen molar-refractivity contribution in [1.82, 2.24) is 9.78 Å². The molecule has 0 fully saturated rings. The van der Waals surface area contributed by atoms with Crippen molar-refractivity contribution in [3.8, 4) is 5.69 Å². The maximum Gasteiger partial charge on any atom is 0.362 e. The molecule has 0 aliphatic heterocycles. The van der Waals surface area contributed by atoms with Gasteiger partial charge in [-0.25, -0.2) is 23.9 Å². The molecular weight excluding hydrogens is 436 g/mol. The lowest BCUT2D eigenvalue weighted by atomic mass is 10.1. The molecule has 1 aromatic carbocycles. The maximum absolute atomic E-state index is 12.7. The van der Waals surface area contributed by atoms with E-state index in [2.05, 4.69) is 5.10 Å². The van der Waals surface area contributed by atoms with Crippen LogP contribution in [-0.2, 0) is 18.9 Å². The highest BCUT2D eigenvalue weighted by atomic mass is 16.5. The number of carbonyl (C=O) groups is 4. The van der Waals surface area contributed by atoms with Crippen LogP contribution in [0.2, 0.25) is 0 Å². The van der Waals surface area contributed by atoms with Gasteiger partial charge in [-0.1, -0.05) is 0 Å². The molecule has 0 aliphatic rings. The SMILES string of the molecule is CCOC(=O)c1cc(C(=O)OCC)cc(-n2cc(C(=O)OCC)c(=O)c(C(=O)OCC)n2)c1. The predicted octanol–water partition coefficient (Wildman–Crippen LogP) is 1.94. The Labute approximate surface area is 189 Å². The monoisotopic (exact) mass is 460 g/mol. The zero-order valence-electron chi connectivity index (χ0n) is 18.7. The largest absolute Gasteiger partial charge is 0.462 e. The molecule has 0 aliphatic carbocycles. The predicted molar refractivity (Wildman–Crippen MR) is 114 cm³/mol. The standard InChI is InChI=1S/C22H24N2O9/c1-5-30-19(26)13-9-14(20(27)31-6-2)11-15(10-13)24-12-16(21(28)32-7-3)18(25)17(23-24)22(29)33-8-4/h9-12H,5-8H2,1-4H3. The van der Waals surface area contributed by atoms with E-state index < -0.39 is 40.6 Å². The van der Waals surface area contributed by atoms with Crippen molar-refractivity contribution in [2.45, 2.75) is 27.7 Å². The molecule has 2 aromatic rings. The summed E-state index contributed by atoms with van der Waals surface area (Å²) in [5.41, 5.74) is -2.05. The first kappa shape index (κ1) is 25.2. The first-order valence-corrected chi connectivity index (χ1v) is 10.2. The van der Waals surface area contributed by atoms with Crippen LogP contribution in [0.1, 0.15) is 69.3 Å². The fourth-order valence-corrected chi connectivity index (χ4v) is 2.72. The van der Waals surface area contributed by atoms with Crippen molar-refractivity contribution < 1.29 is 38.1 Å². The van der Waals surface area contributed by atoms with Gasteiger partial charge in [-0.15, -0.1) is 0 Å². The summed E-state index contributed by atoms with van der Waals surface area (Å²) in [6.07, 6.45) is 1.04. The smallest absolute Gasteiger partial charge is 0.362 e. The van der Waals surface area contributed by atoms with Crippen LogP contribution in [0, 0.1) is 0 Å². The zero-order chi connectivity index (χ0) is 24.5. The van der Waals surface area contributed by atoms with Gasteiger partial charge in [-0.2, -0.15) is 5.10 Å². The summed E-state index contributed by atoms with van der Waals surface area (Å²) in [7, 11) is 0. The second kappa shape index (κ2) is 11.6. The van der Waals surface area contributed by atoms with Gasteiger partial charge in [0.1, 0.15) is 5.56 Å². The van der Waals surface area contributed by atoms with Gasteiger partial charge in [0.2, 0.25) is 11.1 Å². The van der Waals surface area contributed by atoms with Crippen LogP contribution < -0.4 is 5.43 Å². The van der Waals surface area contributed by atoms with E-state index in [-0.39, 0.29) is 43.2 Å². The van der Waals surface area contributed by atoms with E-state index in [0.29, 0.717) is 0 Å². The van der Waals surface area contributed by atoms with Crippen LogP contribution in [0.3, 0.4) is 0 Å². The van der Waals surface area contributed by atoms with Gasteiger partial charge in [0.15, 0.2) is 0 Å². The van der Waals surface area contributed by atoms with Crippen LogP contribution in [0.4, 0.5) is 0 Å². The Morgan fingerprint density at radius 3 is 1.67 bits per heavy atom. The fraction of sp³-hybridized carbons (Fsp3) is 0.364. The lowest BCUT2D eigenvalue weighted by Crippen LogP contribution is -2.29. The van der Waals surface area contributed by atoms with E-state index in [1.165, 1.54) is 18.2 Å². The molecule has 11 heteroatoms. The number of hydrogen-bond donors (Lipinski definition) is 0. The molecule has 0 bridgehead atoms. The Kier molecular flexibility index (Phi) is 8.84. The molecule has 0 unspecified atom stereocenters. The molecule has 0 saturated carbocycles. The average Bonchev–Trinajstić information content (AvgIpc) is 2.79. The average molecular weight is 460 g/mol. The van der Waals surface area contributed by atoms with Crippen LogP contribution in [-0.4, -0.2) is 60.1 Å². The molecule has 0 saturated heterocycles. The Balaban J connectivity index is 2.78. The Hall–Kier alpha value is -4.02. The molecule has 33 heavy (non-hydrogen) atoms. The first-order chi connectivity index (χ1) is 15.8. The van der Waals surface area contributed by atoms with Gasteiger partial charge in [-0.3, -0.25) is 4.79 Å². The minimum atomic E-state index is -1.05. The van der Waals surface area contributed by atoms with Gasteiger partial charge in [0.05, 0.1) is 43.2 Å². The van der Waals surface area contributed by atoms with E-state index in [4.69, 9.17) is 18.9 Å². The number of esters is 4. The molecule has 0 spiro atoms. The number of ether oxygens (including phenoxy) is 4. The van der Waals surface area contributed by atoms with Gasteiger partial charge in [0.25, 0.3) is 0 Å². The minimum absolute atomic E-state index is 0.00623. The van der Waals surface area contributed by atoms with E-state index in [0.717, 1.165) is 10.9 Å². The molecule has 0 amide bonds. The summed E-state index contributed by atoms with van der Waals surface area (Å²) in [5.74, 6) is -3.46. The lowest BCUT2D eigenvalue weighted by Gasteiger charge is -2.13. The van der Waals surface area contributed by atoms with Crippen molar-refractivity contribution >= 4 is 23.9 Å². The number of rotatable bonds is 9. The van der Waals surface area contributed by atoms with Crippen molar-refractivity contribution in [2.75, 3.05) is 26.4 Å². The van der Waals surface area contributed by atoms with Crippen LogP contribution >= 0.6 is 0 Å². The summed E-state index contributed by atoms with van der Waals surface area (Å²) < 4.78 is 20.8. The Morgan fingerprint density at radius 1 is 0.727 bits per heavy atom.